The van der Waals surface area contributed by atoms with Gasteiger partial charge in [0.1, 0.15) is 0 Å². The Balaban J connectivity index is 2.16. The molecular formula is C17H16N2O3. The van der Waals surface area contributed by atoms with Crippen LogP contribution in [0.1, 0.15) is 17.3 Å². The van der Waals surface area contributed by atoms with Crippen molar-refractivity contribution in [2.75, 3.05) is 6.61 Å². The van der Waals surface area contributed by atoms with E-state index in [1.807, 2.05) is 30.3 Å². The molecule has 2 aromatic carbocycles. The van der Waals surface area contributed by atoms with E-state index in [4.69, 9.17) is 4.74 Å². The standard InChI is InChI=1S/C17H16N2O3/c1-3-22-16(20)12-7-4-6-11(10-12)13-8-5-9-14-15(13)18-17(21)19(14)2/h4-10H,3H2,1-2H3,(H,18,21). The minimum atomic E-state index is -0.349. The maximum Gasteiger partial charge on any atom is 0.338 e. The van der Waals surface area contributed by atoms with Crippen molar-refractivity contribution in [3.05, 3.63) is 58.5 Å². The lowest BCUT2D eigenvalue weighted by molar-refractivity contribution is 0.0526. The molecule has 112 valence electrons. The van der Waals surface area contributed by atoms with Crippen LogP contribution in [0.3, 0.4) is 0 Å². The van der Waals surface area contributed by atoms with Crippen LogP contribution in [0.15, 0.2) is 47.3 Å². The molecule has 0 saturated heterocycles. The van der Waals surface area contributed by atoms with Crippen molar-refractivity contribution >= 4 is 17.0 Å². The topological polar surface area (TPSA) is 64.1 Å². The number of fused-ring (bicyclic) bond motifs is 1. The zero-order chi connectivity index (χ0) is 15.7. The highest BCUT2D eigenvalue weighted by atomic mass is 16.5. The Labute approximate surface area is 127 Å². The summed E-state index contributed by atoms with van der Waals surface area (Å²) in [7, 11) is 1.72. The number of H-pyrrole nitrogens is 1. The molecular weight excluding hydrogens is 280 g/mol. The number of carbonyl (C=O) groups excluding carboxylic acids is 1. The van der Waals surface area contributed by atoms with Crippen molar-refractivity contribution in [1.29, 1.82) is 0 Å². The van der Waals surface area contributed by atoms with Crippen LogP contribution in [0.4, 0.5) is 0 Å². The number of aromatic amines is 1. The van der Waals surface area contributed by atoms with Crippen molar-refractivity contribution in [3.63, 3.8) is 0 Å². The molecule has 0 aliphatic rings. The molecule has 1 heterocycles. The minimum Gasteiger partial charge on any atom is -0.462 e. The molecule has 3 rings (SSSR count). The number of hydrogen-bond acceptors (Lipinski definition) is 3. The Kier molecular flexibility index (Phi) is 3.55. The molecule has 0 radical (unpaired) electrons. The first-order valence-electron chi connectivity index (χ1n) is 7.07. The number of aryl methyl sites for hydroxylation is 1. The average Bonchev–Trinajstić information content (AvgIpc) is 2.83. The summed E-state index contributed by atoms with van der Waals surface area (Å²) in [6.45, 7) is 2.11. The van der Waals surface area contributed by atoms with Crippen molar-refractivity contribution in [2.24, 2.45) is 7.05 Å². The van der Waals surface area contributed by atoms with E-state index in [9.17, 15) is 9.59 Å². The van der Waals surface area contributed by atoms with E-state index in [2.05, 4.69) is 4.98 Å². The summed E-state index contributed by atoms with van der Waals surface area (Å²) in [6, 6.07) is 12.9. The number of carbonyl (C=O) groups is 1. The van der Waals surface area contributed by atoms with Crippen LogP contribution in [-0.2, 0) is 11.8 Å². The van der Waals surface area contributed by atoms with Gasteiger partial charge in [0, 0.05) is 12.6 Å². The SMILES string of the molecule is CCOC(=O)c1cccc(-c2cccc3c2[nH]c(=O)n3C)c1. The van der Waals surface area contributed by atoms with Crippen molar-refractivity contribution in [2.45, 2.75) is 6.92 Å². The first-order valence-corrected chi connectivity index (χ1v) is 7.07. The van der Waals surface area contributed by atoms with Gasteiger partial charge in [0.2, 0.25) is 0 Å². The van der Waals surface area contributed by atoms with Crippen molar-refractivity contribution in [3.8, 4) is 11.1 Å². The van der Waals surface area contributed by atoms with Crippen LogP contribution >= 0.6 is 0 Å². The molecule has 0 spiro atoms. The maximum atomic E-state index is 11.9. The summed E-state index contributed by atoms with van der Waals surface area (Å²) in [5.41, 5.74) is 3.65. The lowest BCUT2D eigenvalue weighted by Gasteiger charge is -2.06. The Morgan fingerprint density at radius 3 is 2.77 bits per heavy atom. The third kappa shape index (κ3) is 2.30. The molecule has 1 N–H and O–H groups in total. The predicted molar refractivity (Wildman–Crippen MR) is 84.9 cm³/mol. The number of nitrogens with one attached hydrogen (secondary N) is 1. The van der Waals surface area contributed by atoms with Gasteiger partial charge in [0.05, 0.1) is 23.2 Å². The van der Waals surface area contributed by atoms with Gasteiger partial charge >= 0.3 is 11.7 Å². The maximum absolute atomic E-state index is 11.9. The van der Waals surface area contributed by atoms with Crippen LogP contribution in [0.5, 0.6) is 0 Å². The monoisotopic (exact) mass is 296 g/mol. The number of rotatable bonds is 3. The van der Waals surface area contributed by atoms with E-state index >= 15 is 0 Å². The molecule has 0 saturated carbocycles. The van der Waals surface area contributed by atoms with Crippen molar-refractivity contribution < 1.29 is 9.53 Å². The van der Waals surface area contributed by atoms with Gasteiger partial charge in [0.15, 0.2) is 0 Å². The highest BCUT2D eigenvalue weighted by Crippen LogP contribution is 2.27. The number of para-hydroxylation sites is 1. The largest absolute Gasteiger partial charge is 0.462 e. The molecule has 1 aromatic heterocycles. The lowest BCUT2D eigenvalue weighted by Crippen LogP contribution is -2.11. The molecule has 0 unspecified atom stereocenters. The Bertz CT molecular complexity index is 906. The zero-order valence-electron chi connectivity index (χ0n) is 12.4. The van der Waals surface area contributed by atoms with Crippen LogP contribution in [0.2, 0.25) is 0 Å². The first kappa shape index (κ1) is 14.1. The van der Waals surface area contributed by atoms with Gasteiger partial charge in [-0.25, -0.2) is 9.59 Å². The van der Waals surface area contributed by atoms with Gasteiger partial charge in [0.25, 0.3) is 0 Å². The second-order valence-electron chi connectivity index (χ2n) is 4.99. The van der Waals surface area contributed by atoms with E-state index in [1.54, 1.807) is 30.7 Å². The number of ether oxygens (including phenoxy) is 1. The highest BCUT2D eigenvalue weighted by molar-refractivity contribution is 5.95. The van der Waals surface area contributed by atoms with Gasteiger partial charge in [-0.2, -0.15) is 0 Å². The number of aromatic nitrogens is 2. The molecule has 5 heteroatoms. The smallest absolute Gasteiger partial charge is 0.338 e. The highest BCUT2D eigenvalue weighted by Gasteiger charge is 2.12. The van der Waals surface area contributed by atoms with Crippen LogP contribution < -0.4 is 5.69 Å². The third-order valence-electron chi connectivity index (χ3n) is 3.63. The van der Waals surface area contributed by atoms with Gasteiger partial charge in [-0.1, -0.05) is 24.3 Å². The van der Waals surface area contributed by atoms with E-state index in [1.165, 1.54) is 0 Å². The molecule has 0 amide bonds. The Hall–Kier alpha value is -2.82. The lowest BCUT2D eigenvalue weighted by atomic mass is 10.0. The number of imidazole rings is 1. The molecule has 0 aliphatic heterocycles. The normalized spacial score (nSPS) is 10.8. The summed E-state index contributed by atoms with van der Waals surface area (Å²) in [5, 5.41) is 0. The molecule has 5 nitrogen and oxygen atoms in total. The Morgan fingerprint density at radius 2 is 2.00 bits per heavy atom. The second kappa shape index (κ2) is 5.52. The summed E-state index contributed by atoms with van der Waals surface area (Å²) < 4.78 is 6.59. The van der Waals surface area contributed by atoms with Gasteiger partial charge in [-0.15, -0.1) is 0 Å². The zero-order valence-corrected chi connectivity index (χ0v) is 12.4. The first-order chi connectivity index (χ1) is 10.6. The van der Waals surface area contributed by atoms with Crippen LogP contribution in [0, 0.1) is 0 Å². The van der Waals surface area contributed by atoms with Crippen molar-refractivity contribution in [1.82, 2.24) is 9.55 Å². The third-order valence-corrected chi connectivity index (χ3v) is 3.63. The van der Waals surface area contributed by atoms with Crippen LogP contribution in [0.25, 0.3) is 22.2 Å². The van der Waals surface area contributed by atoms with Gasteiger partial charge < -0.3 is 9.72 Å². The van der Waals surface area contributed by atoms with Gasteiger partial charge in [-0.05, 0) is 30.7 Å². The fourth-order valence-electron chi connectivity index (χ4n) is 2.52. The molecule has 0 aliphatic carbocycles. The van der Waals surface area contributed by atoms with Crippen LogP contribution in [-0.4, -0.2) is 22.1 Å². The van der Waals surface area contributed by atoms with E-state index in [0.717, 1.165) is 22.2 Å². The molecule has 0 atom stereocenters. The summed E-state index contributed by atoms with van der Waals surface area (Å²) >= 11 is 0. The number of hydrogen-bond donors (Lipinski definition) is 1. The second-order valence-corrected chi connectivity index (χ2v) is 4.99. The van der Waals surface area contributed by atoms with E-state index in [0.29, 0.717) is 12.2 Å². The van der Waals surface area contributed by atoms with E-state index in [-0.39, 0.29) is 11.7 Å². The van der Waals surface area contributed by atoms with E-state index < -0.39 is 0 Å². The molecule has 0 fully saturated rings. The number of nitrogens with zero attached hydrogens (tertiary/aromatic N) is 1. The fraction of sp³-hybridized carbons (Fsp3) is 0.176. The summed E-state index contributed by atoms with van der Waals surface area (Å²) in [4.78, 5) is 26.5. The minimum absolute atomic E-state index is 0.163. The Morgan fingerprint density at radius 1 is 1.23 bits per heavy atom. The molecule has 0 bridgehead atoms. The quantitative estimate of drug-likeness (QED) is 0.756. The molecule has 22 heavy (non-hydrogen) atoms. The number of benzene rings is 2. The fourth-order valence-corrected chi connectivity index (χ4v) is 2.52. The predicted octanol–water partition coefficient (Wildman–Crippen LogP) is 2.71. The van der Waals surface area contributed by atoms with Gasteiger partial charge in [-0.3, -0.25) is 4.57 Å². The average molecular weight is 296 g/mol. The number of esters is 1. The summed E-state index contributed by atoms with van der Waals surface area (Å²) in [5.74, 6) is -0.349. The molecule has 3 aromatic rings. The summed E-state index contributed by atoms with van der Waals surface area (Å²) in [6.07, 6.45) is 0.